The van der Waals surface area contributed by atoms with E-state index in [1.165, 1.54) is 26.6 Å². The molecule has 4 nitrogen and oxygen atoms in total. The van der Waals surface area contributed by atoms with Crippen LogP contribution in [0.1, 0.15) is 32.6 Å². The Morgan fingerprint density at radius 2 is 1.70 bits per heavy atom. The lowest BCUT2D eigenvalue weighted by Gasteiger charge is -2.32. The zero-order chi connectivity index (χ0) is 16.4. The first kappa shape index (κ1) is 15.8. The number of nitrogens with zero attached hydrogens (tertiary/aromatic N) is 2. The van der Waals surface area contributed by atoms with E-state index in [2.05, 4.69) is 56.4 Å². The van der Waals surface area contributed by atoms with E-state index in [0.29, 0.717) is 0 Å². The van der Waals surface area contributed by atoms with Gasteiger partial charge in [-0.05, 0) is 46.8 Å². The van der Waals surface area contributed by atoms with Crippen LogP contribution in [0.2, 0.25) is 0 Å². The first-order valence-corrected chi connectivity index (χ1v) is 9.86. The molecule has 1 saturated heterocycles. The van der Waals surface area contributed by atoms with Crippen molar-refractivity contribution >= 4 is 52.2 Å². The Kier molecular flexibility index (Phi) is 3.56. The van der Waals surface area contributed by atoms with E-state index in [4.69, 9.17) is 9.31 Å². The van der Waals surface area contributed by atoms with Crippen molar-refractivity contribution in [3.05, 3.63) is 17.0 Å². The maximum Gasteiger partial charge on any atom is 0.505 e. The summed E-state index contributed by atoms with van der Waals surface area (Å²) in [4.78, 5) is 4.88. The lowest BCUT2D eigenvalue weighted by atomic mass is 9.88. The van der Waals surface area contributed by atoms with E-state index in [9.17, 15) is 0 Å². The van der Waals surface area contributed by atoms with Crippen molar-refractivity contribution in [3.63, 3.8) is 0 Å². The molecule has 0 unspecified atom stereocenters. The molecule has 0 aromatic carbocycles. The number of thiophene rings is 2. The van der Waals surface area contributed by atoms with Gasteiger partial charge in [0.2, 0.25) is 0 Å². The zero-order valence-electron chi connectivity index (χ0n) is 13.7. The van der Waals surface area contributed by atoms with Crippen molar-refractivity contribution < 1.29 is 9.31 Å². The molecular formula is C15H17BN2O2S3. The maximum atomic E-state index is 6.17. The highest BCUT2D eigenvalue weighted by atomic mass is 32.2. The Balaban J connectivity index is 1.75. The molecule has 0 saturated carbocycles. The monoisotopic (exact) mass is 364 g/mol. The standard InChI is InChI=1S/C15H17BN2O2S3/c1-8-6-10-13(21-8)12-9(17-18-23-10)7-11(22-12)16-19-14(2,3)15(4,5)20-16/h6-7H,1-5H3. The molecule has 0 spiro atoms. The van der Waals surface area contributed by atoms with Gasteiger partial charge in [-0.3, -0.25) is 0 Å². The summed E-state index contributed by atoms with van der Waals surface area (Å²) in [5, 5.41) is 4.36. The van der Waals surface area contributed by atoms with Gasteiger partial charge in [-0.15, -0.1) is 32.3 Å². The predicted octanol–water partition coefficient (Wildman–Crippen LogP) is 5.19. The summed E-state index contributed by atoms with van der Waals surface area (Å²) in [5.41, 5.74) is 0.246. The van der Waals surface area contributed by atoms with Gasteiger partial charge in [0, 0.05) is 21.6 Å². The molecule has 0 radical (unpaired) electrons. The number of hydrogen-bond donors (Lipinski definition) is 0. The Hall–Kier alpha value is -0.665. The smallest absolute Gasteiger partial charge is 0.399 e. The zero-order valence-corrected chi connectivity index (χ0v) is 16.1. The van der Waals surface area contributed by atoms with E-state index in [1.54, 1.807) is 22.7 Å². The van der Waals surface area contributed by atoms with Crippen molar-refractivity contribution in [2.45, 2.75) is 50.7 Å². The van der Waals surface area contributed by atoms with Crippen LogP contribution in [0.4, 0.5) is 5.69 Å². The van der Waals surface area contributed by atoms with Gasteiger partial charge in [0.1, 0.15) is 5.69 Å². The fourth-order valence-corrected chi connectivity index (χ4v) is 5.66. The molecule has 4 rings (SSSR count). The van der Waals surface area contributed by atoms with Crippen LogP contribution in [-0.4, -0.2) is 18.3 Å². The fourth-order valence-electron chi connectivity index (χ4n) is 2.54. The van der Waals surface area contributed by atoms with Crippen LogP contribution in [0.5, 0.6) is 0 Å². The van der Waals surface area contributed by atoms with Crippen molar-refractivity contribution in [3.8, 4) is 9.75 Å². The predicted molar refractivity (Wildman–Crippen MR) is 98.5 cm³/mol. The highest BCUT2D eigenvalue weighted by Crippen LogP contribution is 2.48. The van der Waals surface area contributed by atoms with Gasteiger partial charge < -0.3 is 9.31 Å². The van der Waals surface area contributed by atoms with E-state index >= 15 is 0 Å². The van der Waals surface area contributed by atoms with Crippen molar-refractivity contribution in [2.75, 3.05) is 0 Å². The summed E-state index contributed by atoms with van der Waals surface area (Å²) in [6.07, 6.45) is 0. The van der Waals surface area contributed by atoms with Crippen LogP contribution in [-0.2, 0) is 9.31 Å². The van der Waals surface area contributed by atoms with Gasteiger partial charge in [0.05, 0.1) is 25.9 Å². The fraction of sp³-hybridized carbons (Fsp3) is 0.467. The van der Waals surface area contributed by atoms with Gasteiger partial charge in [0.15, 0.2) is 0 Å². The maximum absolute atomic E-state index is 6.17. The van der Waals surface area contributed by atoms with Crippen LogP contribution in [0.25, 0.3) is 9.75 Å². The van der Waals surface area contributed by atoms with Gasteiger partial charge in [0.25, 0.3) is 0 Å². The highest BCUT2D eigenvalue weighted by Gasteiger charge is 2.52. The number of hydrogen-bond acceptors (Lipinski definition) is 7. The minimum absolute atomic E-state index is 0.332. The Morgan fingerprint density at radius 1 is 1.00 bits per heavy atom. The van der Waals surface area contributed by atoms with Gasteiger partial charge >= 0.3 is 7.12 Å². The third kappa shape index (κ3) is 2.51. The average molecular weight is 364 g/mol. The van der Waals surface area contributed by atoms with Crippen LogP contribution in [0.3, 0.4) is 0 Å². The third-order valence-corrected chi connectivity index (χ3v) is 7.70. The Bertz CT molecular complexity index is 794. The molecule has 120 valence electrons. The van der Waals surface area contributed by atoms with E-state index in [1.807, 2.05) is 0 Å². The summed E-state index contributed by atoms with van der Waals surface area (Å²) < 4.78 is 17.6. The molecule has 0 bridgehead atoms. The lowest BCUT2D eigenvalue weighted by Crippen LogP contribution is -2.41. The summed E-state index contributed by atoms with van der Waals surface area (Å²) in [5.74, 6) is 0. The summed E-state index contributed by atoms with van der Waals surface area (Å²) in [6.45, 7) is 10.4. The van der Waals surface area contributed by atoms with Crippen LogP contribution >= 0.6 is 34.6 Å². The largest absolute Gasteiger partial charge is 0.505 e. The van der Waals surface area contributed by atoms with Crippen LogP contribution < -0.4 is 4.78 Å². The molecule has 23 heavy (non-hydrogen) atoms. The molecule has 8 heteroatoms. The van der Waals surface area contributed by atoms with Crippen LogP contribution in [0.15, 0.2) is 26.7 Å². The molecule has 0 aliphatic carbocycles. The van der Waals surface area contributed by atoms with E-state index in [0.717, 1.165) is 15.3 Å². The summed E-state index contributed by atoms with van der Waals surface area (Å²) >= 11 is 4.93. The normalized spacial score (nSPS) is 21.2. The first-order chi connectivity index (χ1) is 10.8. The molecule has 1 fully saturated rings. The van der Waals surface area contributed by atoms with Crippen molar-refractivity contribution in [1.29, 1.82) is 0 Å². The molecule has 2 aliphatic rings. The average Bonchev–Trinajstić information content (AvgIpc) is 3.04. The molecule has 0 N–H and O–H groups in total. The molecule has 0 amide bonds. The van der Waals surface area contributed by atoms with Crippen molar-refractivity contribution in [1.82, 2.24) is 0 Å². The van der Waals surface area contributed by atoms with E-state index < -0.39 is 0 Å². The minimum atomic E-state index is -0.343. The molecule has 2 aliphatic heterocycles. The quantitative estimate of drug-likeness (QED) is 0.517. The molecule has 2 aromatic rings. The van der Waals surface area contributed by atoms with Gasteiger partial charge in [-0.1, -0.05) is 0 Å². The molecule has 0 atom stereocenters. The summed E-state index contributed by atoms with van der Waals surface area (Å²) in [7, 11) is -0.343. The molecule has 4 heterocycles. The second kappa shape index (κ2) is 5.16. The Morgan fingerprint density at radius 3 is 2.39 bits per heavy atom. The van der Waals surface area contributed by atoms with Crippen LogP contribution in [0, 0.1) is 6.92 Å². The van der Waals surface area contributed by atoms with E-state index in [-0.39, 0.29) is 18.3 Å². The lowest BCUT2D eigenvalue weighted by molar-refractivity contribution is 0.00578. The first-order valence-electron chi connectivity index (χ1n) is 7.45. The Labute approximate surface area is 148 Å². The number of rotatable bonds is 1. The minimum Gasteiger partial charge on any atom is -0.399 e. The molecule has 2 aromatic heterocycles. The highest BCUT2D eigenvalue weighted by molar-refractivity contribution is 7.98. The SMILES string of the molecule is Cc1cc2c(s1)-c1sc(B3OC(C)(C)C(C)(C)O3)cc1N=NS2. The van der Waals surface area contributed by atoms with Gasteiger partial charge in [-0.2, -0.15) is 0 Å². The topological polar surface area (TPSA) is 43.2 Å². The molecular weight excluding hydrogens is 347 g/mol. The van der Waals surface area contributed by atoms with Crippen molar-refractivity contribution in [2.24, 2.45) is 9.63 Å². The summed E-state index contributed by atoms with van der Waals surface area (Å²) in [6, 6.07) is 4.23. The number of aryl methyl sites for hydroxylation is 1. The third-order valence-electron chi connectivity index (χ3n) is 4.53. The second-order valence-corrected chi connectivity index (χ2v) is 9.90. The van der Waals surface area contributed by atoms with Gasteiger partial charge in [-0.25, -0.2) is 0 Å². The number of fused-ring (bicyclic) bond motifs is 3. The second-order valence-electron chi connectivity index (χ2n) is 6.77.